The molecule has 2 heterocycles. The van der Waals surface area contributed by atoms with Gasteiger partial charge in [0.05, 0.1) is 32.7 Å². The number of methoxy groups -OCH3 is 1. The lowest BCUT2D eigenvalue weighted by molar-refractivity contribution is -0.141. The zero-order valence-electron chi connectivity index (χ0n) is 20.3. The first kappa shape index (κ1) is 25.3. The molecule has 4 rings (SSSR count). The molecule has 0 unspecified atom stereocenters. The zero-order valence-corrected chi connectivity index (χ0v) is 20.3. The molecule has 0 saturated carbocycles. The summed E-state index contributed by atoms with van der Waals surface area (Å²) < 4.78 is 15.7. The van der Waals surface area contributed by atoms with Crippen LogP contribution in [0.25, 0.3) is 0 Å². The Kier molecular flexibility index (Phi) is 8.38. The molecule has 9 nitrogen and oxygen atoms in total. The minimum atomic E-state index is -0.966. The van der Waals surface area contributed by atoms with E-state index in [1.807, 2.05) is 18.2 Å². The van der Waals surface area contributed by atoms with Crippen LogP contribution >= 0.6 is 0 Å². The SMILES string of the molecule is COc1ccc(CN(C(=O)CNC(=O)c2ccco2)[C@@H](C(=O)NCc2ccco2)c2ccccc2)cc1. The van der Waals surface area contributed by atoms with Gasteiger partial charge in [-0.15, -0.1) is 0 Å². The maximum atomic E-state index is 13.6. The Hall–Kier alpha value is -4.79. The number of carbonyl (C=O) groups is 3. The van der Waals surface area contributed by atoms with Crippen molar-refractivity contribution in [3.63, 3.8) is 0 Å². The Balaban J connectivity index is 1.61. The fourth-order valence-corrected chi connectivity index (χ4v) is 3.80. The van der Waals surface area contributed by atoms with Gasteiger partial charge in [-0.1, -0.05) is 42.5 Å². The molecule has 0 aliphatic heterocycles. The summed E-state index contributed by atoms with van der Waals surface area (Å²) in [6, 6.07) is 21.8. The Bertz CT molecular complexity index is 1290. The lowest BCUT2D eigenvalue weighted by atomic mass is 10.0. The Labute approximate surface area is 214 Å². The van der Waals surface area contributed by atoms with Crippen molar-refractivity contribution in [3.8, 4) is 5.75 Å². The first-order valence-electron chi connectivity index (χ1n) is 11.6. The molecular weight excluding hydrogens is 474 g/mol. The number of ether oxygens (including phenoxy) is 1. The monoisotopic (exact) mass is 501 g/mol. The molecule has 0 bridgehead atoms. The summed E-state index contributed by atoms with van der Waals surface area (Å²) in [4.78, 5) is 40.9. The van der Waals surface area contributed by atoms with E-state index >= 15 is 0 Å². The highest BCUT2D eigenvalue weighted by molar-refractivity contribution is 5.95. The molecule has 0 radical (unpaired) electrons. The van der Waals surface area contributed by atoms with E-state index in [1.165, 1.54) is 23.5 Å². The summed E-state index contributed by atoms with van der Waals surface area (Å²) in [5, 5.41) is 5.44. The molecule has 1 atom stereocenters. The molecule has 3 amide bonds. The van der Waals surface area contributed by atoms with Crippen LogP contribution in [0.5, 0.6) is 5.75 Å². The predicted molar refractivity (Wildman–Crippen MR) is 134 cm³/mol. The average molecular weight is 502 g/mol. The van der Waals surface area contributed by atoms with Gasteiger partial charge in [0, 0.05) is 6.54 Å². The highest BCUT2D eigenvalue weighted by Gasteiger charge is 2.32. The molecule has 0 fully saturated rings. The van der Waals surface area contributed by atoms with Gasteiger partial charge >= 0.3 is 0 Å². The van der Waals surface area contributed by atoms with Crippen molar-refractivity contribution >= 4 is 17.7 Å². The van der Waals surface area contributed by atoms with Crippen LogP contribution in [0, 0.1) is 0 Å². The van der Waals surface area contributed by atoms with Crippen molar-refractivity contribution < 1.29 is 28.0 Å². The molecule has 0 aliphatic rings. The number of rotatable bonds is 11. The third-order valence-electron chi connectivity index (χ3n) is 5.67. The van der Waals surface area contributed by atoms with E-state index < -0.39 is 17.9 Å². The quantitative estimate of drug-likeness (QED) is 0.324. The molecule has 2 aromatic heterocycles. The third kappa shape index (κ3) is 6.66. The minimum Gasteiger partial charge on any atom is -0.497 e. The summed E-state index contributed by atoms with van der Waals surface area (Å²) in [6.07, 6.45) is 2.90. The van der Waals surface area contributed by atoms with E-state index in [-0.39, 0.29) is 31.3 Å². The van der Waals surface area contributed by atoms with E-state index in [0.717, 1.165) is 5.56 Å². The predicted octanol–water partition coefficient (Wildman–Crippen LogP) is 3.70. The Morgan fingerprint density at radius 1 is 0.865 bits per heavy atom. The summed E-state index contributed by atoms with van der Waals surface area (Å²) in [7, 11) is 1.57. The smallest absolute Gasteiger partial charge is 0.287 e. The van der Waals surface area contributed by atoms with Crippen LogP contribution in [0.2, 0.25) is 0 Å². The number of furan rings is 2. The maximum absolute atomic E-state index is 13.6. The number of carbonyl (C=O) groups excluding carboxylic acids is 3. The van der Waals surface area contributed by atoms with Gasteiger partial charge in [-0.05, 0) is 47.5 Å². The van der Waals surface area contributed by atoms with Gasteiger partial charge < -0.3 is 29.1 Å². The highest BCUT2D eigenvalue weighted by atomic mass is 16.5. The highest BCUT2D eigenvalue weighted by Crippen LogP contribution is 2.25. The second kappa shape index (κ2) is 12.3. The Morgan fingerprint density at radius 3 is 2.24 bits per heavy atom. The number of amides is 3. The van der Waals surface area contributed by atoms with Crippen LogP contribution in [-0.4, -0.2) is 36.3 Å². The maximum Gasteiger partial charge on any atom is 0.287 e. The standard InChI is InChI=1S/C28H27N3O6/c1-35-22-13-11-20(12-14-22)19-31(25(32)18-30-27(33)24-10-6-16-37-24)26(21-7-3-2-4-8-21)28(34)29-17-23-9-5-15-36-23/h2-16,26H,17-19H2,1H3,(H,29,34)(H,30,33)/t26-/m1/s1. The molecule has 9 heteroatoms. The minimum absolute atomic E-state index is 0.0882. The number of nitrogens with one attached hydrogen (secondary N) is 2. The van der Waals surface area contributed by atoms with Crippen LogP contribution in [0.4, 0.5) is 0 Å². The van der Waals surface area contributed by atoms with Gasteiger partial charge in [-0.25, -0.2) is 0 Å². The van der Waals surface area contributed by atoms with Gasteiger partial charge in [0.15, 0.2) is 5.76 Å². The number of benzene rings is 2. The van der Waals surface area contributed by atoms with E-state index in [9.17, 15) is 14.4 Å². The number of hydrogen-bond donors (Lipinski definition) is 2. The largest absolute Gasteiger partial charge is 0.497 e. The van der Waals surface area contributed by atoms with Crippen LogP contribution in [0.1, 0.15) is 33.5 Å². The van der Waals surface area contributed by atoms with Crippen LogP contribution in [-0.2, 0) is 22.7 Å². The normalized spacial score (nSPS) is 11.4. The van der Waals surface area contributed by atoms with Gasteiger partial charge in [0.1, 0.15) is 17.6 Å². The second-order valence-corrected chi connectivity index (χ2v) is 8.14. The fourth-order valence-electron chi connectivity index (χ4n) is 3.80. The molecule has 0 aliphatic carbocycles. The zero-order chi connectivity index (χ0) is 26.0. The fraction of sp³-hybridized carbons (Fsp3) is 0.179. The second-order valence-electron chi connectivity index (χ2n) is 8.14. The molecule has 2 aromatic carbocycles. The first-order chi connectivity index (χ1) is 18.0. The summed E-state index contributed by atoms with van der Waals surface area (Å²) in [5.41, 5.74) is 1.41. The lowest BCUT2D eigenvalue weighted by Crippen LogP contribution is -2.46. The number of hydrogen-bond acceptors (Lipinski definition) is 6. The molecular formula is C28H27N3O6. The summed E-state index contributed by atoms with van der Waals surface area (Å²) >= 11 is 0. The van der Waals surface area contributed by atoms with E-state index in [1.54, 1.807) is 61.7 Å². The van der Waals surface area contributed by atoms with Crippen LogP contribution < -0.4 is 15.4 Å². The van der Waals surface area contributed by atoms with Crippen molar-refractivity contribution in [2.24, 2.45) is 0 Å². The molecule has 37 heavy (non-hydrogen) atoms. The van der Waals surface area contributed by atoms with Crippen molar-refractivity contribution in [2.45, 2.75) is 19.1 Å². The molecule has 2 N–H and O–H groups in total. The molecule has 0 spiro atoms. The summed E-state index contributed by atoms with van der Waals surface area (Å²) in [5.74, 6) is -0.0202. The van der Waals surface area contributed by atoms with E-state index in [0.29, 0.717) is 17.1 Å². The van der Waals surface area contributed by atoms with Crippen LogP contribution in [0.15, 0.2) is 100 Å². The number of nitrogens with zero attached hydrogens (tertiary/aromatic N) is 1. The van der Waals surface area contributed by atoms with Crippen LogP contribution in [0.3, 0.4) is 0 Å². The molecule has 4 aromatic rings. The van der Waals surface area contributed by atoms with Gasteiger partial charge in [-0.3, -0.25) is 14.4 Å². The summed E-state index contributed by atoms with van der Waals surface area (Å²) in [6.45, 7) is -0.0490. The van der Waals surface area contributed by atoms with Gasteiger partial charge in [0.25, 0.3) is 5.91 Å². The van der Waals surface area contributed by atoms with Crippen molar-refractivity contribution in [3.05, 3.63) is 114 Å². The third-order valence-corrected chi connectivity index (χ3v) is 5.67. The topological polar surface area (TPSA) is 114 Å². The first-order valence-corrected chi connectivity index (χ1v) is 11.6. The molecule has 190 valence electrons. The van der Waals surface area contributed by atoms with E-state index in [2.05, 4.69) is 10.6 Å². The Morgan fingerprint density at radius 2 is 1.59 bits per heavy atom. The van der Waals surface area contributed by atoms with Crippen molar-refractivity contribution in [1.82, 2.24) is 15.5 Å². The van der Waals surface area contributed by atoms with Crippen molar-refractivity contribution in [2.75, 3.05) is 13.7 Å². The van der Waals surface area contributed by atoms with Crippen molar-refractivity contribution in [1.29, 1.82) is 0 Å². The van der Waals surface area contributed by atoms with Gasteiger partial charge in [-0.2, -0.15) is 0 Å². The van der Waals surface area contributed by atoms with E-state index in [4.69, 9.17) is 13.6 Å². The molecule has 0 saturated heterocycles. The van der Waals surface area contributed by atoms with Gasteiger partial charge in [0.2, 0.25) is 11.8 Å². The lowest BCUT2D eigenvalue weighted by Gasteiger charge is -2.31. The average Bonchev–Trinajstić information content (AvgIpc) is 3.66.